The molecule has 130 valence electrons. The van der Waals surface area contributed by atoms with Crippen LogP contribution >= 0.6 is 0 Å². The van der Waals surface area contributed by atoms with Crippen molar-refractivity contribution in [2.24, 2.45) is 0 Å². The van der Waals surface area contributed by atoms with Crippen LogP contribution in [0.4, 0.5) is 0 Å². The lowest BCUT2D eigenvalue weighted by Crippen LogP contribution is -2.46. The van der Waals surface area contributed by atoms with Gasteiger partial charge in [-0.2, -0.15) is 0 Å². The van der Waals surface area contributed by atoms with Gasteiger partial charge in [-0.1, -0.05) is 60.4 Å². The summed E-state index contributed by atoms with van der Waals surface area (Å²) in [5.41, 5.74) is 5.67. The summed E-state index contributed by atoms with van der Waals surface area (Å²) in [6, 6.07) is 18.1. The minimum Gasteiger partial charge on any atom is -0.221 e. The predicted molar refractivity (Wildman–Crippen MR) is 106 cm³/mol. The van der Waals surface area contributed by atoms with Crippen LogP contribution in [0.25, 0.3) is 0 Å². The van der Waals surface area contributed by atoms with E-state index in [4.69, 9.17) is 12.8 Å². The van der Waals surface area contributed by atoms with Crippen LogP contribution in [0.1, 0.15) is 47.2 Å². The summed E-state index contributed by atoms with van der Waals surface area (Å²) in [4.78, 5) is 0. The number of terminal acetylenes is 2. The minimum atomic E-state index is 0.309. The normalized spacial score (nSPS) is 20.6. The van der Waals surface area contributed by atoms with E-state index in [0.717, 1.165) is 25.7 Å². The van der Waals surface area contributed by atoms with Gasteiger partial charge in [0.2, 0.25) is 0 Å². The first kappa shape index (κ1) is 16.9. The highest BCUT2D eigenvalue weighted by molar-refractivity contribution is 5.36. The van der Waals surface area contributed by atoms with E-state index >= 15 is 0 Å². The molecule has 4 rings (SSSR count). The Labute approximate surface area is 156 Å². The number of aryl methyl sites for hydroxylation is 2. The molecule has 0 spiro atoms. The van der Waals surface area contributed by atoms with Gasteiger partial charge in [0, 0.05) is 0 Å². The molecular formula is C24H24N2. The average molecular weight is 340 g/mol. The molecule has 2 aromatic carbocycles. The van der Waals surface area contributed by atoms with Gasteiger partial charge in [0.05, 0.1) is 25.2 Å². The zero-order valence-electron chi connectivity index (χ0n) is 15.1. The Kier molecular flexibility index (Phi) is 4.81. The molecule has 0 heterocycles. The molecule has 26 heavy (non-hydrogen) atoms. The number of fused-ring (bicyclic) bond motifs is 2. The van der Waals surface area contributed by atoms with Crippen LogP contribution in [0.5, 0.6) is 0 Å². The van der Waals surface area contributed by atoms with E-state index in [2.05, 4.69) is 70.4 Å². The Balaban J connectivity index is 1.70. The lowest BCUT2D eigenvalue weighted by Gasteiger charge is -2.41. The van der Waals surface area contributed by atoms with Gasteiger partial charge in [0.1, 0.15) is 0 Å². The van der Waals surface area contributed by atoms with Crippen molar-refractivity contribution in [2.75, 3.05) is 13.1 Å². The monoisotopic (exact) mass is 340 g/mol. The van der Waals surface area contributed by atoms with Gasteiger partial charge in [-0.15, -0.1) is 12.8 Å². The van der Waals surface area contributed by atoms with Crippen LogP contribution in [-0.2, 0) is 12.8 Å². The molecule has 0 amide bonds. The van der Waals surface area contributed by atoms with Crippen molar-refractivity contribution in [2.45, 2.75) is 37.8 Å². The van der Waals surface area contributed by atoms with E-state index in [1.807, 2.05) is 0 Å². The molecule has 2 heteroatoms. The third kappa shape index (κ3) is 2.93. The van der Waals surface area contributed by atoms with E-state index in [1.165, 1.54) is 22.3 Å². The Morgan fingerprint density at radius 1 is 0.731 bits per heavy atom. The molecule has 0 bridgehead atoms. The first-order valence-electron chi connectivity index (χ1n) is 9.39. The van der Waals surface area contributed by atoms with Gasteiger partial charge in [0.25, 0.3) is 0 Å². The fraction of sp³-hybridized carbons (Fsp3) is 0.333. The Morgan fingerprint density at radius 3 is 1.58 bits per heavy atom. The molecule has 0 saturated heterocycles. The summed E-state index contributed by atoms with van der Waals surface area (Å²) in [5.74, 6) is 5.75. The zero-order valence-corrected chi connectivity index (χ0v) is 15.1. The molecule has 2 aliphatic carbocycles. The summed E-state index contributed by atoms with van der Waals surface area (Å²) in [7, 11) is 0. The van der Waals surface area contributed by atoms with Crippen molar-refractivity contribution < 1.29 is 0 Å². The van der Waals surface area contributed by atoms with Gasteiger partial charge in [0.15, 0.2) is 0 Å². The second-order valence-electron chi connectivity index (χ2n) is 7.11. The molecule has 2 aliphatic rings. The fourth-order valence-electron chi connectivity index (χ4n) is 4.64. The van der Waals surface area contributed by atoms with Crippen molar-refractivity contribution in [3.8, 4) is 24.7 Å². The average Bonchev–Trinajstić information content (AvgIpc) is 3.29. The van der Waals surface area contributed by atoms with Crippen molar-refractivity contribution in [1.29, 1.82) is 0 Å². The summed E-state index contributed by atoms with van der Waals surface area (Å²) >= 11 is 0. The highest BCUT2D eigenvalue weighted by atomic mass is 15.6. The van der Waals surface area contributed by atoms with Crippen molar-refractivity contribution in [1.82, 2.24) is 10.0 Å². The highest BCUT2D eigenvalue weighted by Crippen LogP contribution is 2.41. The van der Waals surface area contributed by atoms with Crippen molar-refractivity contribution >= 4 is 0 Å². The lowest BCUT2D eigenvalue weighted by atomic mass is 10.1. The lowest BCUT2D eigenvalue weighted by molar-refractivity contribution is -0.0743. The van der Waals surface area contributed by atoms with Gasteiger partial charge in [-0.05, 0) is 47.9 Å². The number of hydrogen-bond acceptors (Lipinski definition) is 2. The molecule has 0 saturated carbocycles. The molecular weight excluding hydrogens is 316 g/mol. The van der Waals surface area contributed by atoms with E-state index < -0.39 is 0 Å². The van der Waals surface area contributed by atoms with Crippen LogP contribution in [0.15, 0.2) is 48.5 Å². The van der Waals surface area contributed by atoms with Crippen molar-refractivity contribution in [3.63, 3.8) is 0 Å². The van der Waals surface area contributed by atoms with Crippen LogP contribution < -0.4 is 0 Å². The number of rotatable bonds is 5. The van der Waals surface area contributed by atoms with E-state index in [-0.39, 0.29) is 0 Å². The third-order valence-electron chi connectivity index (χ3n) is 5.76. The summed E-state index contributed by atoms with van der Waals surface area (Å²) in [5, 5.41) is 4.72. The Morgan fingerprint density at radius 2 is 1.15 bits per heavy atom. The maximum atomic E-state index is 5.77. The molecule has 0 radical (unpaired) electrons. The van der Waals surface area contributed by atoms with Gasteiger partial charge >= 0.3 is 0 Å². The summed E-state index contributed by atoms with van der Waals surface area (Å²) in [6.45, 7) is 1.17. The second kappa shape index (κ2) is 7.38. The molecule has 0 N–H and O–H groups in total. The SMILES string of the molecule is C#CCN(C1CCc2ccccc21)N(CC#C)C1CCc2ccccc21. The van der Waals surface area contributed by atoms with Crippen LogP contribution in [0, 0.1) is 24.7 Å². The van der Waals surface area contributed by atoms with Crippen molar-refractivity contribution in [3.05, 3.63) is 70.8 Å². The first-order valence-corrected chi connectivity index (χ1v) is 9.39. The number of hydrazine groups is 1. The largest absolute Gasteiger partial charge is 0.221 e. The quantitative estimate of drug-likeness (QED) is 0.596. The minimum absolute atomic E-state index is 0.309. The summed E-state index contributed by atoms with van der Waals surface area (Å²) in [6.07, 6.45) is 15.9. The number of nitrogens with zero attached hydrogens (tertiary/aromatic N) is 2. The van der Waals surface area contributed by atoms with E-state index in [1.54, 1.807) is 0 Å². The molecule has 0 aromatic heterocycles. The van der Waals surface area contributed by atoms with Crippen LogP contribution in [0.3, 0.4) is 0 Å². The summed E-state index contributed by atoms with van der Waals surface area (Å²) < 4.78 is 0. The maximum Gasteiger partial charge on any atom is 0.0749 e. The predicted octanol–water partition coefficient (Wildman–Crippen LogP) is 4.15. The number of benzene rings is 2. The zero-order chi connectivity index (χ0) is 17.9. The van der Waals surface area contributed by atoms with Gasteiger partial charge in [-0.25, -0.2) is 10.0 Å². The highest BCUT2D eigenvalue weighted by Gasteiger charge is 2.36. The second-order valence-corrected chi connectivity index (χ2v) is 7.11. The van der Waals surface area contributed by atoms with E-state index in [9.17, 15) is 0 Å². The van der Waals surface area contributed by atoms with Gasteiger partial charge < -0.3 is 0 Å². The molecule has 2 aromatic rings. The molecule has 2 nitrogen and oxygen atoms in total. The molecule has 2 unspecified atom stereocenters. The first-order chi connectivity index (χ1) is 12.8. The maximum absolute atomic E-state index is 5.77. The van der Waals surface area contributed by atoms with Gasteiger partial charge in [-0.3, -0.25) is 0 Å². The number of hydrogen-bond donors (Lipinski definition) is 0. The van der Waals surface area contributed by atoms with Crippen LogP contribution in [-0.4, -0.2) is 23.1 Å². The molecule has 0 fully saturated rings. The van der Waals surface area contributed by atoms with E-state index in [0.29, 0.717) is 25.2 Å². The Hall–Kier alpha value is -2.52. The smallest absolute Gasteiger partial charge is 0.0749 e. The Bertz CT molecular complexity index is 797. The fourth-order valence-corrected chi connectivity index (χ4v) is 4.64. The topological polar surface area (TPSA) is 6.48 Å². The van der Waals surface area contributed by atoms with Crippen LogP contribution in [0.2, 0.25) is 0 Å². The molecule has 0 aliphatic heterocycles. The third-order valence-corrected chi connectivity index (χ3v) is 5.76. The molecule has 2 atom stereocenters. The standard InChI is InChI=1S/C24H24N2/c1-3-17-25(23-15-13-19-9-5-7-11-21(19)23)26(18-4-2)24-16-14-20-10-6-8-12-22(20)24/h1-2,5-12,23-24H,13-18H2.